The van der Waals surface area contributed by atoms with Crippen LogP contribution in [0.1, 0.15) is 59.8 Å². The van der Waals surface area contributed by atoms with E-state index >= 15 is 0 Å². The van der Waals surface area contributed by atoms with E-state index in [9.17, 15) is 29.1 Å². The molecule has 34 heavy (non-hydrogen) atoms. The highest BCUT2D eigenvalue weighted by Gasteiger charge is 2.21. The maximum Gasteiger partial charge on any atom is 0.327 e. The molecule has 0 heterocycles. The number of carboxylic acids is 2. The van der Waals surface area contributed by atoms with Crippen molar-refractivity contribution in [2.45, 2.75) is 77.1 Å². The molecule has 0 rings (SSSR count). The fraction of sp³-hybridized carbons (Fsp3) is 0.762. The molecule has 4 N–H and O–H groups in total. The van der Waals surface area contributed by atoms with Gasteiger partial charge in [0, 0.05) is 48.7 Å². The zero-order chi connectivity index (χ0) is 26.1. The highest BCUT2D eigenvalue weighted by atomic mass is 33.1. The molecule has 3 atom stereocenters. The highest BCUT2D eigenvalue weighted by molar-refractivity contribution is 8.77. The van der Waals surface area contributed by atoms with Crippen LogP contribution in [0.5, 0.6) is 0 Å². The number of aliphatic carboxylic acids is 2. The van der Waals surface area contributed by atoms with Crippen LogP contribution in [0.15, 0.2) is 0 Å². The fourth-order valence-electron chi connectivity index (χ4n) is 2.60. The summed E-state index contributed by atoms with van der Waals surface area (Å²) < 4.78 is 0. The molecule has 0 fully saturated rings. The Morgan fingerprint density at radius 3 is 1.76 bits per heavy atom. The smallest absolute Gasteiger partial charge is 0.327 e. The molecule has 0 saturated heterocycles. The van der Waals surface area contributed by atoms with Crippen LogP contribution in [0.25, 0.3) is 0 Å². The van der Waals surface area contributed by atoms with Gasteiger partial charge in [-0.05, 0) is 19.3 Å². The fourth-order valence-corrected chi connectivity index (χ4v) is 7.95. The van der Waals surface area contributed by atoms with Gasteiger partial charge in [-0.25, -0.2) is 9.59 Å². The van der Waals surface area contributed by atoms with Gasteiger partial charge in [-0.3, -0.25) is 14.4 Å². The quantitative estimate of drug-likeness (QED) is 0.129. The largest absolute Gasteiger partial charge is 0.480 e. The number of carbonyl (C=O) groups is 5. The zero-order valence-corrected chi connectivity index (χ0v) is 23.3. The Hall–Kier alpha value is -1.05. The number of carbonyl (C=O) groups excluding carboxylic acids is 3. The Bertz CT molecular complexity index is 680. The summed E-state index contributed by atoms with van der Waals surface area (Å²) in [6.07, 6.45) is 3.93. The molecular weight excluding hydrogens is 521 g/mol. The first-order valence-corrected chi connectivity index (χ1v) is 15.9. The lowest BCUT2D eigenvalue weighted by atomic mass is 10.0. The molecule has 3 unspecified atom stereocenters. The summed E-state index contributed by atoms with van der Waals surface area (Å²) in [6, 6.07) is -1.89. The minimum absolute atomic E-state index is 0.0306. The Balaban J connectivity index is 4.60. The minimum atomic E-state index is -1.08. The van der Waals surface area contributed by atoms with Crippen molar-refractivity contribution in [3.8, 4) is 0 Å². The standard InChI is InChI=1S/C21H36N2O7S4/c1-13(2)19(26)8-6-5-7-16(34-33-12-18(21(29)30)23-15(4)25)9-10-31-32-11-17(20(27)28)22-14(3)24/h13,16-18H,5-12H2,1-4H3,(H,22,24)(H,23,25)(H,27,28)(H,29,30). The Labute approximate surface area is 217 Å². The van der Waals surface area contributed by atoms with Crippen LogP contribution in [0.4, 0.5) is 0 Å². The molecule has 0 saturated carbocycles. The second-order valence-corrected chi connectivity index (χ2v) is 13.3. The topological polar surface area (TPSA) is 150 Å². The van der Waals surface area contributed by atoms with E-state index in [0.29, 0.717) is 6.42 Å². The molecule has 0 aliphatic carbocycles. The van der Waals surface area contributed by atoms with Crippen LogP contribution in [0.2, 0.25) is 0 Å². The number of ketones is 1. The molecule has 0 aromatic heterocycles. The average Bonchev–Trinajstić information content (AvgIpc) is 2.73. The first-order chi connectivity index (χ1) is 15.9. The van der Waals surface area contributed by atoms with Gasteiger partial charge >= 0.3 is 11.9 Å². The second-order valence-electron chi connectivity index (χ2n) is 7.95. The van der Waals surface area contributed by atoms with Gasteiger partial charge in [0.05, 0.1) is 0 Å². The average molecular weight is 557 g/mol. The lowest BCUT2D eigenvalue weighted by molar-refractivity contribution is -0.141. The molecule has 0 aliphatic heterocycles. The van der Waals surface area contributed by atoms with Crippen LogP contribution in [0.3, 0.4) is 0 Å². The summed E-state index contributed by atoms with van der Waals surface area (Å²) in [4.78, 5) is 56.6. The molecule has 0 spiro atoms. The number of hydrogen-bond acceptors (Lipinski definition) is 9. The maximum atomic E-state index is 11.8. The van der Waals surface area contributed by atoms with Gasteiger partial charge in [-0.1, -0.05) is 63.4 Å². The summed E-state index contributed by atoms with van der Waals surface area (Å²) in [6.45, 7) is 6.34. The van der Waals surface area contributed by atoms with Crippen molar-refractivity contribution in [2.24, 2.45) is 5.92 Å². The van der Waals surface area contributed by atoms with E-state index in [2.05, 4.69) is 10.6 Å². The van der Waals surface area contributed by atoms with Crippen LogP contribution in [-0.2, 0) is 24.0 Å². The summed E-state index contributed by atoms with van der Waals surface area (Å²) >= 11 is 0. The SMILES string of the molecule is CC(=O)NC(CSSCCC(CCCCC(=O)C(C)C)SSCC(NC(C)=O)C(=O)O)C(=O)O. The third kappa shape index (κ3) is 17.4. The van der Waals surface area contributed by atoms with Gasteiger partial charge in [-0.2, -0.15) is 0 Å². The van der Waals surface area contributed by atoms with E-state index < -0.39 is 29.9 Å². The first kappa shape index (κ1) is 33.0. The summed E-state index contributed by atoms with van der Waals surface area (Å²) in [7, 11) is 5.90. The number of rotatable bonds is 20. The van der Waals surface area contributed by atoms with Crippen molar-refractivity contribution in [1.82, 2.24) is 10.6 Å². The molecule has 0 aromatic rings. The van der Waals surface area contributed by atoms with Crippen molar-refractivity contribution < 1.29 is 34.2 Å². The third-order valence-electron chi connectivity index (χ3n) is 4.47. The van der Waals surface area contributed by atoms with E-state index in [4.69, 9.17) is 5.11 Å². The van der Waals surface area contributed by atoms with E-state index in [-0.39, 0.29) is 34.4 Å². The van der Waals surface area contributed by atoms with Gasteiger partial charge in [0.2, 0.25) is 11.8 Å². The number of Topliss-reactive ketones (excluding diaryl/α,β-unsaturated/α-hetero) is 1. The first-order valence-electron chi connectivity index (χ1n) is 11.0. The van der Waals surface area contributed by atoms with Gasteiger partial charge < -0.3 is 20.8 Å². The van der Waals surface area contributed by atoms with Gasteiger partial charge in [-0.15, -0.1) is 0 Å². The second kappa shape index (κ2) is 19.2. The molecule has 0 radical (unpaired) electrons. The monoisotopic (exact) mass is 556 g/mol. The van der Waals surface area contributed by atoms with E-state index in [0.717, 1.165) is 31.4 Å². The minimum Gasteiger partial charge on any atom is -0.480 e. The lowest BCUT2D eigenvalue weighted by Gasteiger charge is -2.18. The van der Waals surface area contributed by atoms with Crippen molar-refractivity contribution in [3.05, 3.63) is 0 Å². The highest BCUT2D eigenvalue weighted by Crippen LogP contribution is 2.35. The number of hydrogen-bond donors (Lipinski definition) is 4. The number of carboxylic acid groups (broad SMARTS) is 2. The van der Waals surface area contributed by atoms with Gasteiger partial charge in [0.15, 0.2) is 0 Å². The Kier molecular flexibility index (Phi) is 18.6. The maximum absolute atomic E-state index is 11.8. The van der Waals surface area contributed by atoms with Crippen LogP contribution in [-0.4, -0.2) is 74.3 Å². The zero-order valence-electron chi connectivity index (χ0n) is 20.0. The van der Waals surface area contributed by atoms with Crippen molar-refractivity contribution in [2.75, 3.05) is 17.3 Å². The number of amides is 2. The van der Waals surface area contributed by atoms with E-state index in [1.54, 1.807) is 10.8 Å². The van der Waals surface area contributed by atoms with Crippen LogP contribution < -0.4 is 10.6 Å². The molecule has 0 aromatic carbocycles. The van der Waals surface area contributed by atoms with E-state index in [1.165, 1.54) is 46.2 Å². The number of unbranched alkanes of at least 4 members (excludes halogenated alkanes) is 1. The summed E-state index contributed by atoms with van der Waals surface area (Å²) in [5.74, 6) is -1.41. The molecule has 2 amide bonds. The Morgan fingerprint density at radius 1 is 0.765 bits per heavy atom. The molecule has 0 bridgehead atoms. The summed E-state index contributed by atoms with van der Waals surface area (Å²) in [5, 5.41) is 23.5. The predicted molar refractivity (Wildman–Crippen MR) is 142 cm³/mol. The summed E-state index contributed by atoms with van der Waals surface area (Å²) in [5.41, 5.74) is 0. The molecule has 9 nitrogen and oxygen atoms in total. The Morgan fingerprint density at radius 2 is 1.29 bits per heavy atom. The molecule has 13 heteroatoms. The van der Waals surface area contributed by atoms with E-state index in [1.807, 2.05) is 13.8 Å². The molecule has 0 aliphatic rings. The lowest BCUT2D eigenvalue weighted by Crippen LogP contribution is -2.41. The van der Waals surface area contributed by atoms with Crippen LogP contribution >= 0.6 is 43.2 Å². The van der Waals surface area contributed by atoms with Crippen molar-refractivity contribution >= 4 is 72.7 Å². The van der Waals surface area contributed by atoms with Gasteiger partial charge in [0.1, 0.15) is 17.9 Å². The van der Waals surface area contributed by atoms with Crippen LogP contribution in [0, 0.1) is 5.92 Å². The predicted octanol–water partition coefficient (Wildman–Crippen LogP) is 3.47. The number of nitrogens with one attached hydrogen (secondary N) is 2. The molecular formula is C21H36N2O7S4. The third-order valence-corrected chi connectivity index (χ3v) is 9.90. The van der Waals surface area contributed by atoms with Gasteiger partial charge in [0.25, 0.3) is 0 Å². The van der Waals surface area contributed by atoms with Crippen molar-refractivity contribution in [1.29, 1.82) is 0 Å². The van der Waals surface area contributed by atoms with Crippen molar-refractivity contribution in [3.63, 3.8) is 0 Å². The normalized spacial score (nSPS) is 13.7. The molecule has 196 valence electrons.